The van der Waals surface area contributed by atoms with Crippen molar-refractivity contribution in [3.63, 3.8) is 0 Å². The Morgan fingerprint density at radius 2 is 1.96 bits per heavy atom. The number of epoxide rings is 1. The van der Waals surface area contributed by atoms with Crippen LogP contribution in [0.3, 0.4) is 0 Å². The summed E-state index contributed by atoms with van der Waals surface area (Å²) in [5.74, 6) is -1.94. The fourth-order valence-corrected chi connectivity index (χ4v) is 6.86. The lowest BCUT2D eigenvalue weighted by molar-refractivity contribution is -0.161. The molecule has 4 rings (SSSR count). The third kappa shape index (κ3) is 8.04. The highest BCUT2D eigenvalue weighted by Crippen LogP contribution is 2.49. The van der Waals surface area contributed by atoms with Gasteiger partial charge in [0, 0.05) is 38.8 Å². The number of rotatable bonds is 5. The van der Waals surface area contributed by atoms with E-state index in [1.807, 2.05) is 58.1 Å². The van der Waals surface area contributed by atoms with Crippen LogP contribution in [0.1, 0.15) is 65.0 Å². The Morgan fingerprint density at radius 1 is 1.27 bits per heavy atom. The second kappa shape index (κ2) is 14.8. The van der Waals surface area contributed by atoms with Crippen molar-refractivity contribution in [1.82, 2.24) is 10.2 Å². The van der Waals surface area contributed by atoms with E-state index < -0.39 is 59.6 Å². The number of nitrogens with zero attached hydrogens (tertiary/aromatic N) is 2. The number of nitrogens with one attached hydrogen (secondary N) is 1. The molecule has 3 heterocycles. The van der Waals surface area contributed by atoms with Gasteiger partial charge < -0.3 is 29.1 Å². The zero-order chi connectivity index (χ0) is 35.7. The molecular weight excluding hydrogens is 658 g/mol. The minimum Gasteiger partial charge on any atom is -0.457 e. The van der Waals surface area contributed by atoms with Gasteiger partial charge >= 0.3 is 12.1 Å². The number of fused-ring (bicyclic) bond motifs is 5. The average Bonchev–Trinajstić information content (AvgIpc) is 3.72. The molecule has 11 nitrogen and oxygen atoms in total. The Labute approximate surface area is 293 Å². The number of hydrogen-bond donors (Lipinski definition) is 3. The number of benzene rings is 1. The number of anilines is 1. The molecule has 2 N–H and O–H groups in total. The van der Waals surface area contributed by atoms with Gasteiger partial charge in [0.15, 0.2) is 0 Å². The Kier molecular flexibility index (Phi) is 11.7. The van der Waals surface area contributed by atoms with Gasteiger partial charge in [0.2, 0.25) is 11.8 Å². The van der Waals surface area contributed by atoms with Crippen LogP contribution in [0, 0.1) is 18.8 Å². The fourth-order valence-electron chi connectivity index (χ4n) is 6.43. The molecule has 1 aromatic carbocycles. The number of esters is 1. The van der Waals surface area contributed by atoms with Crippen molar-refractivity contribution < 1.29 is 38.5 Å². The zero-order valence-electron chi connectivity index (χ0n) is 28.9. The molecule has 48 heavy (non-hydrogen) atoms. The smallest absolute Gasteiger partial charge is 0.409 e. The molecule has 13 heteroatoms. The topological polar surface area (TPSA) is 138 Å². The van der Waals surface area contributed by atoms with E-state index in [9.17, 15) is 24.3 Å². The van der Waals surface area contributed by atoms with Crippen LogP contribution >= 0.6 is 24.2 Å². The second-order valence-electron chi connectivity index (χ2n) is 13.6. The van der Waals surface area contributed by atoms with Gasteiger partial charge in [0.1, 0.15) is 29.6 Å². The van der Waals surface area contributed by atoms with Gasteiger partial charge in [-0.2, -0.15) is 12.6 Å². The summed E-state index contributed by atoms with van der Waals surface area (Å²) in [6.07, 6.45) is 3.02. The van der Waals surface area contributed by atoms with Gasteiger partial charge in [-0.3, -0.25) is 14.9 Å². The number of ether oxygens (including phenoxy) is 3. The summed E-state index contributed by atoms with van der Waals surface area (Å²) in [5.41, 5.74) is 0.543. The first-order chi connectivity index (χ1) is 22.4. The number of thiol groups is 1. The molecule has 0 spiro atoms. The number of carbonyl (C=O) groups excluding carboxylic acids is 4. The monoisotopic (exact) mass is 705 g/mol. The number of allylic oxidation sites excluding steroid dienone is 3. The molecule has 1 unspecified atom stereocenters. The van der Waals surface area contributed by atoms with E-state index in [-0.39, 0.29) is 31.1 Å². The zero-order valence-corrected chi connectivity index (χ0v) is 30.6. The third-order valence-electron chi connectivity index (χ3n) is 9.99. The molecule has 4 bridgehead atoms. The molecule has 2 saturated heterocycles. The van der Waals surface area contributed by atoms with E-state index in [0.29, 0.717) is 22.9 Å². The molecule has 264 valence electrons. The average molecular weight is 706 g/mol. The number of halogens is 1. The van der Waals surface area contributed by atoms with E-state index in [4.69, 9.17) is 25.8 Å². The lowest BCUT2D eigenvalue weighted by Crippen LogP contribution is -2.60. The fraction of sp³-hybridized carbons (Fsp3) is 0.600. The van der Waals surface area contributed by atoms with Gasteiger partial charge in [-0.1, -0.05) is 55.3 Å². The van der Waals surface area contributed by atoms with Crippen molar-refractivity contribution in [2.75, 3.05) is 24.7 Å². The standard InChI is InChI=1S/C35H48ClN3O8S/c1-19-10-9-11-21(3)35(44)18-26(45-33(43)37-35)22(4)31-34(6,47-31)27(46-32(42)23(5)38(7)28(40)12-13-48)17-29(41)39(8)25-16-24(14-19)15-20(2)30(25)36/h9-11,15-16,21-23,26-27,31,44,48H,12-14,17-18H2,1-8H3,(H,37,43)/b11-9+,19-10+/t21-,22-,23+,26?,27+,31+,34+,35+/m1/s1. The third-order valence-corrected chi connectivity index (χ3v) is 10.7. The maximum Gasteiger partial charge on any atom is 0.409 e. The lowest BCUT2D eigenvalue weighted by atomic mass is 9.82. The van der Waals surface area contributed by atoms with Crippen molar-refractivity contribution in [3.05, 3.63) is 52.1 Å². The first kappa shape index (κ1) is 37.8. The molecule has 1 aromatic rings. The summed E-state index contributed by atoms with van der Waals surface area (Å²) < 4.78 is 17.9. The summed E-state index contributed by atoms with van der Waals surface area (Å²) in [6, 6.07) is 2.90. The van der Waals surface area contributed by atoms with E-state index >= 15 is 0 Å². The number of amides is 3. The van der Waals surface area contributed by atoms with Gasteiger partial charge in [-0.15, -0.1) is 0 Å². The molecule has 3 aliphatic heterocycles. The van der Waals surface area contributed by atoms with Crippen molar-refractivity contribution in [2.24, 2.45) is 11.8 Å². The van der Waals surface area contributed by atoms with Crippen LogP contribution in [0.5, 0.6) is 0 Å². The molecule has 3 aliphatic rings. The normalized spacial score (nSPS) is 33.3. The van der Waals surface area contributed by atoms with Crippen LogP contribution < -0.4 is 10.2 Å². The SMILES string of the molecule is C/C1=C\C=C\[C@@H](C)[C@@]2(O)CC(OC(=O)N2)[C@@H](C)[C@@H]2O[C@@]2(C)[C@@H](OC(=O)[C@H](C)N(C)C(=O)CCS)CC(=O)N(C)c2cc(cc(C)c2Cl)C1. The number of carbonyl (C=O) groups is 4. The van der Waals surface area contributed by atoms with E-state index in [1.54, 1.807) is 20.9 Å². The van der Waals surface area contributed by atoms with Gasteiger partial charge in [-0.25, -0.2) is 9.59 Å². The molecule has 0 aromatic heterocycles. The minimum absolute atomic E-state index is 0.0782. The Hall–Kier alpha value is -3.06. The molecule has 3 amide bonds. The van der Waals surface area contributed by atoms with Gasteiger partial charge in [0.25, 0.3) is 0 Å². The van der Waals surface area contributed by atoms with Crippen LogP contribution in [0.15, 0.2) is 35.9 Å². The molecule has 8 atom stereocenters. The predicted octanol–water partition coefficient (Wildman–Crippen LogP) is 4.76. The summed E-state index contributed by atoms with van der Waals surface area (Å²) in [7, 11) is 3.14. The maximum absolute atomic E-state index is 14.0. The number of likely N-dealkylation sites (N-methyl/N-ethyl adjacent to an activating group) is 1. The first-order valence-electron chi connectivity index (χ1n) is 16.3. The number of aryl methyl sites for hydroxylation is 1. The van der Waals surface area contributed by atoms with Crippen molar-refractivity contribution in [3.8, 4) is 0 Å². The van der Waals surface area contributed by atoms with Crippen LogP contribution in [0.25, 0.3) is 0 Å². The Bertz CT molecular complexity index is 1500. The number of hydrogen-bond acceptors (Lipinski definition) is 9. The summed E-state index contributed by atoms with van der Waals surface area (Å²) in [6.45, 7) is 10.8. The van der Waals surface area contributed by atoms with Crippen molar-refractivity contribution in [1.29, 1.82) is 0 Å². The van der Waals surface area contributed by atoms with Gasteiger partial charge in [-0.05, 0) is 57.1 Å². The molecule has 0 aliphatic carbocycles. The van der Waals surface area contributed by atoms with Crippen LogP contribution in [0.2, 0.25) is 5.02 Å². The highest BCUT2D eigenvalue weighted by Gasteiger charge is 2.64. The Balaban J connectivity index is 1.75. The van der Waals surface area contributed by atoms with E-state index in [2.05, 4.69) is 17.9 Å². The van der Waals surface area contributed by atoms with Crippen LogP contribution in [-0.4, -0.2) is 89.4 Å². The second-order valence-corrected chi connectivity index (χ2v) is 14.4. The molecule has 2 fully saturated rings. The molecule has 0 saturated carbocycles. The minimum atomic E-state index is -1.59. The van der Waals surface area contributed by atoms with Crippen LogP contribution in [0.4, 0.5) is 10.5 Å². The predicted molar refractivity (Wildman–Crippen MR) is 186 cm³/mol. The van der Waals surface area contributed by atoms with Crippen molar-refractivity contribution >= 4 is 53.8 Å². The van der Waals surface area contributed by atoms with Crippen molar-refractivity contribution in [2.45, 2.75) is 103 Å². The summed E-state index contributed by atoms with van der Waals surface area (Å²) in [4.78, 5) is 55.5. The molecular formula is C35H48ClN3O8S. The van der Waals surface area contributed by atoms with E-state index in [0.717, 1.165) is 16.7 Å². The number of aliphatic hydroxyl groups is 1. The van der Waals surface area contributed by atoms with E-state index in [1.165, 1.54) is 16.8 Å². The number of alkyl carbamates (subject to hydrolysis) is 1. The van der Waals surface area contributed by atoms with Crippen LogP contribution in [-0.2, 0) is 35.0 Å². The summed E-state index contributed by atoms with van der Waals surface area (Å²) in [5, 5.41) is 14.6. The quantitative estimate of drug-likeness (QED) is 0.227. The highest BCUT2D eigenvalue weighted by atomic mass is 35.5. The largest absolute Gasteiger partial charge is 0.457 e. The maximum atomic E-state index is 14.0. The molecule has 0 radical (unpaired) electrons. The van der Waals surface area contributed by atoms with Gasteiger partial charge in [0.05, 0.1) is 23.2 Å². The lowest BCUT2D eigenvalue weighted by Gasteiger charge is -2.41. The summed E-state index contributed by atoms with van der Waals surface area (Å²) >= 11 is 10.9. The Morgan fingerprint density at radius 3 is 2.62 bits per heavy atom. The highest BCUT2D eigenvalue weighted by molar-refractivity contribution is 7.80. The first-order valence-corrected chi connectivity index (χ1v) is 17.3.